The fourth-order valence-corrected chi connectivity index (χ4v) is 6.82. The van der Waals surface area contributed by atoms with E-state index in [0.717, 1.165) is 23.1 Å². The first-order valence-corrected chi connectivity index (χ1v) is 14.4. The molecule has 0 saturated carbocycles. The second-order valence-electron chi connectivity index (χ2n) is 9.65. The predicted octanol–water partition coefficient (Wildman–Crippen LogP) is 5.09. The van der Waals surface area contributed by atoms with Crippen molar-refractivity contribution in [1.82, 2.24) is 4.31 Å². The minimum atomic E-state index is -3.83. The number of aliphatic hydroxyl groups excluding tert-OH is 1. The van der Waals surface area contributed by atoms with Gasteiger partial charge in [-0.1, -0.05) is 78.4 Å². The smallest absolute Gasteiger partial charge is 0.243 e. The molecule has 1 saturated heterocycles. The van der Waals surface area contributed by atoms with E-state index in [1.807, 2.05) is 79.7 Å². The summed E-state index contributed by atoms with van der Waals surface area (Å²) >= 11 is 0. The first-order chi connectivity index (χ1) is 18.0. The van der Waals surface area contributed by atoms with Gasteiger partial charge in [-0.15, -0.1) is 0 Å². The Kier molecular flexibility index (Phi) is 9.88. The summed E-state index contributed by atoms with van der Waals surface area (Å²) in [6, 6.07) is 26.1. The lowest BCUT2D eigenvalue weighted by Crippen LogP contribution is -2.58. The number of benzene rings is 3. The summed E-state index contributed by atoms with van der Waals surface area (Å²) < 4.78 is 42.3. The van der Waals surface area contributed by atoms with Gasteiger partial charge in [0.2, 0.25) is 10.0 Å². The monoisotopic (exact) mass is 523 g/mol. The number of hydrogen-bond donors (Lipinski definition) is 1. The van der Waals surface area contributed by atoms with Crippen molar-refractivity contribution in [2.24, 2.45) is 0 Å². The fourth-order valence-electron chi connectivity index (χ4n) is 4.94. The van der Waals surface area contributed by atoms with E-state index in [1.54, 1.807) is 16.4 Å². The number of rotatable bonds is 12. The predicted molar refractivity (Wildman–Crippen MR) is 144 cm³/mol. The summed E-state index contributed by atoms with van der Waals surface area (Å²) in [5, 5.41) is 9.51. The summed E-state index contributed by atoms with van der Waals surface area (Å²) in [5.74, 6) is 0. The molecule has 3 atom stereocenters. The Bertz CT molecular complexity index is 1190. The SMILES string of the molecule is Cc1ccc(S(=O)(=O)N2[C@@H](CCCO)CC[C@H](OCc3ccccc3)[C@H]2COCc2ccccc2)cc1. The average molecular weight is 524 g/mol. The van der Waals surface area contributed by atoms with E-state index < -0.39 is 16.1 Å². The quantitative estimate of drug-likeness (QED) is 0.358. The highest BCUT2D eigenvalue weighted by atomic mass is 32.2. The first kappa shape index (κ1) is 27.5. The first-order valence-electron chi connectivity index (χ1n) is 13.0. The molecule has 1 fully saturated rings. The zero-order valence-electron chi connectivity index (χ0n) is 21.4. The Labute approximate surface area is 220 Å². The van der Waals surface area contributed by atoms with Crippen LogP contribution >= 0.6 is 0 Å². The van der Waals surface area contributed by atoms with Crippen LogP contribution in [0.3, 0.4) is 0 Å². The lowest BCUT2D eigenvalue weighted by Gasteiger charge is -2.45. The Hall–Kier alpha value is -2.55. The number of nitrogens with zero attached hydrogens (tertiary/aromatic N) is 1. The van der Waals surface area contributed by atoms with Gasteiger partial charge in [-0.2, -0.15) is 4.31 Å². The van der Waals surface area contributed by atoms with E-state index in [1.165, 1.54) is 0 Å². The van der Waals surface area contributed by atoms with Crippen LogP contribution in [0.2, 0.25) is 0 Å². The molecular formula is C30H37NO5S. The fraction of sp³-hybridized carbons (Fsp3) is 0.400. The van der Waals surface area contributed by atoms with Gasteiger partial charge >= 0.3 is 0 Å². The summed E-state index contributed by atoms with van der Waals surface area (Å²) in [6.45, 7) is 2.98. The summed E-state index contributed by atoms with van der Waals surface area (Å²) in [5.41, 5.74) is 3.08. The molecule has 1 N–H and O–H groups in total. The van der Waals surface area contributed by atoms with Gasteiger partial charge in [0.1, 0.15) is 0 Å². The molecule has 4 rings (SSSR count). The Morgan fingerprint density at radius 2 is 1.49 bits per heavy atom. The largest absolute Gasteiger partial charge is 0.396 e. The third kappa shape index (κ3) is 7.27. The van der Waals surface area contributed by atoms with Crippen molar-refractivity contribution in [2.45, 2.75) is 68.9 Å². The van der Waals surface area contributed by atoms with Crippen LogP contribution in [0.4, 0.5) is 0 Å². The zero-order chi connectivity index (χ0) is 26.1. The standard InChI is InChI=1S/C30H37NO5S/c1-24-14-17-28(18-15-24)37(33,34)31-27(13-8-20-32)16-19-30(36-22-26-11-6-3-7-12-26)29(31)23-35-21-25-9-4-2-5-10-25/h2-7,9-12,14-15,17-18,27,29-30,32H,8,13,16,19-23H2,1H3/t27-,29+,30-/m0/s1. The molecule has 37 heavy (non-hydrogen) atoms. The number of sulfonamides is 1. The molecule has 3 aromatic carbocycles. The van der Waals surface area contributed by atoms with Crippen molar-refractivity contribution in [2.75, 3.05) is 13.2 Å². The van der Waals surface area contributed by atoms with Crippen molar-refractivity contribution in [3.8, 4) is 0 Å². The molecule has 0 unspecified atom stereocenters. The van der Waals surface area contributed by atoms with Gasteiger partial charge in [-0.05, 0) is 55.9 Å². The van der Waals surface area contributed by atoms with Crippen molar-refractivity contribution in [1.29, 1.82) is 0 Å². The molecule has 1 aliphatic heterocycles. The molecule has 1 aliphatic rings. The molecule has 3 aromatic rings. The topological polar surface area (TPSA) is 76.1 Å². The molecule has 1 heterocycles. The van der Waals surface area contributed by atoms with Crippen LogP contribution in [-0.4, -0.2) is 49.2 Å². The minimum Gasteiger partial charge on any atom is -0.396 e. The number of aliphatic hydroxyl groups is 1. The highest BCUT2D eigenvalue weighted by molar-refractivity contribution is 7.89. The minimum absolute atomic E-state index is 0.0258. The molecular weight excluding hydrogens is 486 g/mol. The van der Waals surface area contributed by atoms with E-state index in [-0.39, 0.29) is 30.3 Å². The van der Waals surface area contributed by atoms with Crippen LogP contribution in [0.15, 0.2) is 89.8 Å². The maximum absolute atomic E-state index is 14.1. The van der Waals surface area contributed by atoms with Gasteiger partial charge in [0.15, 0.2) is 0 Å². The Morgan fingerprint density at radius 1 is 0.865 bits per heavy atom. The summed E-state index contributed by atoms with van der Waals surface area (Å²) in [4.78, 5) is 0.267. The van der Waals surface area contributed by atoms with Crippen molar-refractivity contribution < 1.29 is 23.0 Å². The maximum atomic E-state index is 14.1. The van der Waals surface area contributed by atoms with Gasteiger partial charge in [0, 0.05) is 12.6 Å². The Balaban J connectivity index is 1.63. The lowest BCUT2D eigenvalue weighted by atomic mass is 9.93. The number of aryl methyl sites for hydroxylation is 1. The molecule has 0 aromatic heterocycles. The normalized spacial score (nSPS) is 20.6. The highest BCUT2D eigenvalue weighted by Gasteiger charge is 2.45. The van der Waals surface area contributed by atoms with E-state index in [0.29, 0.717) is 32.5 Å². The maximum Gasteiger partial charge on any atom is 0.243 e. The number of hydrogen-bond acceptors (Lipinski definition) is 5. The molecule has 0 aliphatic carbocycles. The third-order valence-electron chi connectivity index (χ3n) is 6.90. The van der Waals surface area contributed by atoms with E-state index >= 15 is 0 Å². The van der Waals surface area contributed by atoms with Crippen LogP contribution in [-0.2, 0) is 32.7 Å². The van der Waals surface area contributed by atoms with Gasteiger partial charge < -0.3 is 14.6 Å². The van der Waals surface area contributed by atoms with Crippen LogP contribution in [0, 0.1) is 6.92 Å². The van der Waals surface area contributed by atoms with Crippen molar-refractivity contribution in [3.63, 3.8) is 0 Å². The van der Waals surface area contributed by atoms with Crippen LogP contribution in [0.25, 0.3) is 0 Å². The molecule has 198 valence electrons. The van der Waals surface area contributed by atoms with E-state index in [9.17, 15) is 13.5 Å². The van der Waals surface area contributed by atoms with E-state index in [4.69, 9.17) is 9.47 Å². The molecule has 0 amide bonds. The second kappa shape index (κ2) is 13.3. The molecule has 0 bridgehead atoms. The van der Waals surface area contributed by atoms with Crippen LogP contribution in [0.1, 0.15) is 42.4 Å². The third-order valence-corrected chi connectivity index (χ3v) is 8.89. The number of piperidine rings is 1. The van der Waals surface area contributed by atoms with Crippen molar-refractivity contribution in [3.05, 3.63) is 102 Å². The lowest BCUT2D eigenvalue weighted by molar-refractivity contribution is -0.0715. The molecule has 7 heteroatoms. The van der Waals surface area contributed by atoms with Crippen molar-refractivity contribution >= 4 is 10.0 Å². The van der Waals surface area contributed by atoms with Gasteiger partial charge in [-0.3, -0.25) is 0 Å². The van der Waals surface area contributed by atoms with Gasteiger partial charge in [0.05, 0.1) is 36.9 Å². The summed E-state index contributed by atoms with van der Waals surface area (Å²) in [6.07, 6.45) is 2.20. The van der Waals surface area contributed by atoms with Crippen LogP contribution in [0.5, 0.6) is 0 Å². The number of ether oxygens (including phenoxy) is 2. The molecule has 0 spiro atoms. The Morgan fingerprint density at radius 3 is 2.11 bits per heavy atom. The summed E-state index contributed by atoms with van der Waals surface area (Å²) in [7, 11) is -3.83. The van der Waals surface area contributed by atoms with Gasteiger partial charge in [-0.25, -0.2) is 8.42 Å². The highest BCUT2D eigenvalue weighted by Crippen LogP contribution is 2.34. The molecule has 0 radical (unpaired) electrons. The molecule has 6 nitrogen and oxygen atoms in total. The zero-order valence-corrected chi connectivity index (χ0v) is 22.2. The second-order valence-corrected chi connectivity index (χ2v) is 11.5. The average Bonchev–Trinajstić information content (AvgIpc) is 2.92. The van der Waals surface area contributed by atoms with E-state index in [2.05, 4.69) is 0 Å². The van der Waals surface area contributed by atoms with Crippen LogP contribution < -0.4 is 0 Å². The van der Waals surface area contributed by atoms with Gasteiger partial charge in [0.25, 0.3) is 0 Å².